The molecule has 1 aliphatic carbocycles. The van der Waals surface area contributed by atoms with Gasteiger partial charge in [0.05, 0.1) is 4.34 Å². The van der Waals surface area contributed by atoms with Crippen molar-refractivity contribution in [2.45, 2.75) is 31.6 Å². The van der Waals surface area contributed by atoms with Crippen LogP contribution in [0.5, 0.6) is 0 Å². The van der Waals surface area contributed by atoms with E-state index in [1.807, 2.05) is 18.3 Å². The van der Waals surface area contributed by atoms with Crippen LogP contribution in [0.4, 0.5) is 0 Å². The summed E-state index contributed by atoms with van der Waals surface area (Å²) in [4.78, 5) is 17.5. The van der Waals surface area contributed by atoms with Crippen molar-refractivity contribution in [1.29, 1.82) is 0 Å². The highest BCUT2D eigenvalue weighted by atomic mass is 35.5. The summed E-state index contributed by atoms with van der Waals surface area (Å²) in [7, 11) is 0. The Balaban J connectivity index is 1.32. The molecule has 1 N–H and O–H groups in total. The van der Waals surface area contributed by atoms with E-state index in [0.29, 0.717) is 5.92 Å². The third kappa shape index (κ3) is 4.08. The van der Waals surface area contributed by atoms with Crippen molar-refractivity contribution >= 4 is 28.8 Å². The van der Waals surface area contributed by atoms with Gasteiger partial charge in [-0.05, 0) is 55.4 Å². The molecule has 0 bridgehead atoms. The number of pyridine rings is 1. The predicted molar refractivity (Wildman–Crippen MR) is 90.4 cm³/mol. The first-order chi connectivity index (χ1) is 10.7. The SMILES string of the molecule is O=C(NCCCCc1ccc(Cl)s1)[C@@H]1C[C@H]1c1cccnc1. The zero-order chi connectivity index (χ0) is 15.4. The molecule has 3 nitrogen and oxygen atoms in total. The van der Waals surface area contributed by atoms with E-state index in [4.69, 9.17) is 11.6 Å². The Kier molecular flexibility index (Phi) is 5.11. The van der Waals surface area contributed by atoms with Crippen LogP contribution in [-0.2, 0) is 11.2 Å². The van der Waals surface area contributed by atoms with Crippen molar-refractivity contribution in [3.63, 3.8) is 0 Å². The number of hydrogen-bond acceptors (Lipinski definition) is 3. The summed E-state index contributed by atoms with van der Waals surface area (Å²) < 4.78 is 0.846. The predicted octanol–water partition coefficient (Wildman–Crippen LogP) is 4.04. The Bertz CT molecular complexity index is 629. The molecule has 0 aromatic carbocycles. The Hall–Kier alpha value is -1.39. The minimum absolute atomic E-state index is 0.139. The number of nitrogens with zero attached hydrogens (tertiary/aromatic N) is 1. The zero-order valence-electron chi connectivity index (χ0n) is 12.3. The van der Waals surface area contributed by atoms with Crippen molar-refractivity contribution in [2.24, 2.45) is 5.92 Å². The minimum Gasteiger partial charge on any atom is -0.356 e. The van der Waals surface area contributed by atoms with Gasteiger partial charge in [0.25, 0.3) is 0 Å². The van der Waals surface area contributed by atoms with Crippen LogP contribution in [0.3, 0.4) is 0 Å². The molecule has 2 heterocycles. The third-order valence-electron chi connectivity index (χ3n) is 4.02. The number of unbranched alkanes of at least 4 members (excludes halogenated alkanes) is 1. The third-order valence-corrected chi connectivity index (χ3v) is 5.31. The molecular formula is C17H19ClN2OS. The van der Waals surface area contributed by atoms with Crippen molar-refractivity contribution in [2.75, 3.05) is 6.54 Å². The number of halogens is 1. The van der Waals surface area contributed by atoms with Crippen LogP contribution >= 0.6 is 22.9 Å². The minimum atomic E-state index is 0.139. The van der Waals surface area contributed by atoms with E-state index in [1.165, 1.54) is 10.4 Å². The quantitative estimate of drug-likeness (QED) is 0.776. The number of nitrogens with one attached hydrogen (secondary N) is 1. The number of aryl methyl sites for hydroxylation is 1. The van der Waals surface area contributed by atoms with Gasteiger partial charge in [-0.15, -0.1) is 11.3 Å². The standard InChI is InChI=1S/C17H19ClN2OS/c18-16-7-6-13(22-16)5-1-2-9-20-17(21)15-10-14(15)12-4-3-8-19-11-12/h3-4,6-8,11,14-15H,1-2,5,9-10H2,(H,20,21)/t14-,15+/m0/s1. The Labute approximate surface area is 139 Å². The summed E-state index contributed by atoms with van der Waals surface area (Å²) in [5, 5.41) is 3.05. The molecule has 2 atom stereocenters. The molecule has 0 spiro atoms. The van der Waals surface area contributed by atoms with Crippen LogP contribution in [0.1, 0.15) is 35.6 Å². The Morgan fingerprint density at radius 3 is 3.00 bits per heavy atom. The molecule has 0 saturated heterocycles. The fourth-order valence-electron chi connectivity index (χ4n) is 2.70. The van der Waals surface area contributed by atoms with Crippen molar-refractivity contribution < 1.29 is 4.79 Å². The lowest BCUT2D eigenvalue weighted by molar-refractivity contribution is -0.122. The van der Waals surface area contributed by atoms with Gasteiger partial charge in [-0.25, -0.2) is 0 Å². The normalized spacial score (nSPS) is 19.9. The van der Waals surface area contributed by atoms with Gasteiger partial charge in [0.15, 0.2) is 0 Å². The van der Waals surface area contributed by atoms with Crippen LogP contribution < -0.4 is 5.32 Å². The number of rotatable bonds is 7. The second-order valence-corrected chi connectivity index (χ2v) is 7.49. The molecule has 0 aliphatic heterocycles. The number of hydrogen-bond donors (Lipinski definition) is 1. The fourth-order valence-corrected chi connectivity index (χ4v) is 3.83. The molecule has 2 aromatic rings. The molecule has 1 aliphatic rings. The second-order valence-electron chi connectivity index (χ2n) is 5.69. The van der Waals surface area contributed by atoms with Gasteiger partial charge in [-0.1, -0.05) is 17.7 Å². The van der Waals surface area contributed by atoms with Gasteiger partial charge >= 0.3 is 0 Å². The first-order valence-electron chi connectivity index (χ1n) is 7.66. The summed E-state index contributed by atoms with van der Waals surface area (Å²) in [5.41, 5.74) is 1.18. The smallest absolute Gasteiger partial charge is 0.223 e. The largest absolute Gasteiger partial charge is 0.356 e. The molecule has 1 amide bonds. The maximum atomic E-state index is 12.1. The maximum Gasteiger partial charge on any atom is 0.223 e. The number of amides is 1. The first-order valence-corrected chi connectivity index (χ1v) is 8.85. The highest BCUT2D eigenvalue weighted by Gasteiger charge is 2.43. The van der Waals surface area contributed by atoms with Crippen LogP contribution in [0.15, 0.2) is 36.7 Å². The van der Waals surface area contributed by atoms with Gasteiger partial charge < -0.3 is 5.32 Å². The Morgan fingerprint density at radius 1 is 1.36 bits per heavy atom. The molecule has 1 fully saturated rings. The van der Waals surface area contributed by atoms with E-state index in [9.17, 15) is 4.79 Å². The highest BCUT2D eigenvalue weighted by Crippen LogP contribution is 2.47. The van der Waals surface area contributed by atoms with Crippen LogP contribution in [0, 0.1) is 5.92 Å². The van der Waals surface area contributed by atoms with Crippen LogP contribution in [0.2, 0.25) is 4.34 Å². The molecule has 3 rings (SSSR count). The van der Waals surface area contributed by atoms with E-state index in [-0.39, 0.29) is 11.8 Å². The lowest BCUT2D eigenvalue weighted by atomic mass is 10.1. The second kappa shape index (κ2) is 7.25. The molecule has 0 unspecified atom stereocenters. The van der Waals surface area contributed by atoms with Gasteiger partial charge in [-0.3, -0.25) is 9.78 Å². The summed E-state index contributed by atoms with van der Waals surface area (Å²) in [6.07, 6.45) is 7.70. The molecular weight excluding hydrogens is 316 g/mol. The van der Waals surface area contributed by atoms with Gasteiger partial charge in [0, 0.05) is 29.7 Å². The van der Waals surface area contributed by atoms with Crippen LogP contribution in [0.25, 0.3) is 0 Å². The van der Waals surface area contributed by atoms with E-state index in [0.717, 1.165) is 36.6 Å². The molecule has 2 aromatic heterocycles. The van der Waals surface area contributed by atoms with Crippen molar-refractivity contribution in [3.8, 4) is 0 Å². The summed E-state index contributed by atoms with van der Waals surface area (Å²) >= 11 is 7.54. The average molecular weight is 335 g/mol. The van der Waals surface area contributed by atoms with Gasteiger partial charge in [-0.2, -0.15) is 0 Å². The summed E-state index contributed by atoms with van der Waals surface area (Å²) in [6, 6.07) is 8.00. The maximum absolute atomic E-state index is 12.1. The Morgan fingerprint density at radius 2 is 2.27 bits per heavy atom. The molecule has 0 radical (unpaired) electrons. The van der Waals surface area contributed by atoms with E-state index in [1.54, 1.807) is 17.5 Å². The highest BCUT2D eigenvalue weighted by molar-refractivity contribution is 7.16. The number of thiophene rings is 1. The van der Waals surface area contributed by atoms with Crippen molar-refractivity contribution in [1.82, 2.24) is 10.3 Å². The fraction of sp³-hybridized carbons (Fsp3) is 0.412. The first kappa shape index (κ1) is 15.5. The molecule has 22 heavy (non-hydrogen) atoms. The van der Waals surface area contributed by atoms with Gasteiger partial charge in [0.1, 0.15) is 0 Å². The topological polar surface area (TPSA) is 42.0 Å². The van der Waals surface area contributed by atoms with E-state index in [2.05, 4.69) is 22.4 Å². The number of aromatic nitrogens is 1. The van der Waals surface area contributed by atoms with Crippen molar-refractivity contribution in [3.05, 3.63) is 51.4 Å². The number of carbonyl (C=O) groups excluding carboxylic acids is 1. The van der Waals surface area contributed by atoms with Crippen LogP contribution in [-0.4, -0.2) is 17.4 Å². The molecule has 1 saturated carbocycles. The monoisotopic (exact) mass is 334 g/mol. The summed E-state index contributed by atoms with van der Waals surface area (Å²) in [5.74, 6) is 0.690. The van der Waals surface area contributed by atoms with E-state index >= 15 is 0 Å². The lowest BCUT2D eigenvalue weighted by Gasteiger charge is -2.04. The average Bonchev–Trinajstić information content (AvgIpc) is 3.24. The zero-order valence-corrected chi connectivity index (χ0v) is 13.9. The van der Waals surface area contributed by atoms with Gasteiger partial charge in [0.2, 0.25) is 5.91 Å². The molecule has 5 heteroatoms. The summed E-state index contributed by atoms with van der Waals surface area (Å²) in [6.45, 7) is 0.758. The number of carbonyl (C=O) groups is 1. The molecule has 116 valence electrons. The van der Waals surface area contributed by atoms with E-state index < -0.39 is 0 Å². The lowest BCUT2D eigenvalue weighted by Crippen LogP contribution is -2.26.